The molecule has 1 amide bonds. The number of hydrogen-bond acceptors (Lipinski definition) is 3. The molecule has 1 fully saturated rings. The lowest BCUT2D eigenvalue weighted by atomic mass is 9.90. The van der Waals surface area contributed by atoms with Crippen molar-refractivity contribution in [2.24, 2.45) is 5.92 Å². The molecular weight excluding hydrogens is 262 g/mol. The molecule has 21 heavy (non-hydrogen) atoms. The van der Waals surface area contributed by atoms with E-state index in [1.54, 1.807) is 0 Å². The van der Waals surface area contributed by atoms with Crippen molar-refractivity contribution in [3.8, 4) is 0 Å². The van der Waals surface area contributed by atoms with Gasteiger partial charge in [-0.15, -0.1) is 0 Å². The Morgan fingerprint density at radius 2 is 2.00 bits per heavy atom. The molecular formula is C17H27N3O. The monoisotopic (exact) mass is 289 g/mol. The van der Waals surface area contributed by atoms with E-state index >= 15 is 0 Å². The lowest BCUT2D eigenvalue weighted by Crippen LogP contribution is -2.36. The molecule has 0 aliphatic heterocycles. The van der Waals surface area contributed by atoms with Gasteiger partial charge in [0.15, 0.2) is 0 Å². The van der Waals surface area contributed by atoms with Crippen molar-refractivity contribution in [1.82, 2.24) is 9.88 Å². The number of rotatable bonds is 4. The molecule has 0 bridgehead atoms. The summed E-state index contributed by atoms with van der Waals surface area (Å²) in [5.41, 5.74) is 1.57. The summed E-state index contributed by atoms with van der Waals surface area (Å²) in [5, 5.41) is 3.06. The number of carbonyl (C=O) groups excluding carboxylic acids is 1. The van der Waals surface area contributed by atoms with E-state index < -0.39 is 0 Å². The highest BCUT2D eigenvalue weighted by Crippen LogP contribution is 2.35. The Labute approximate surface area is 127 Å². The summed E-state index contributed by atoms with van der Waals surface area (Å²) in [7, 11) is 3.74. The fraction of sp³-hybridized carbons (Fsp3) is 0.647. The maximum atomic E-state index is 12.7. The zero-order valence-electron chi connectivity index (χ0n) is 14.0. The van der Waals surface area contributed by atoms with Crippen molar-refractivity contribution < 1.29 is 4.79 Å². The maximum absolute atomic E-state index is 12.7. The summed E-state index contributed by atoms with van der Waals surface area (Å²) < 4.78 is 0. The molecule has 1 N–H and O–H groups in total. The first-order valence-electron chi connectivity index (χ1n) is 7.71. The third-order valence-electron chi connectivity index (χ3n) is 4.33. The van der Waals surface area contributed by atoms with Crippen LogP contribution in [0.15, 0.2) is 12.1 Å². The first kappa shape index (κ1) is 15.8. The Balaban J connectivity index is 2.31. The van der Waals surface area contributed by atoms with Crippen LogP contribution in [0.3, 0.4) is 0 Å². The second kappa shape index (κ2) is 5.66. The Morgan fingerprint density at radius 1 is 1.38 bits per heavy atom. The number of amides is 1. The third kappa shape index (κ3) is 3.55. The summed E-state index contributed by atoms with van der Waals surface area (Å²) in [6, 6.07) is 4.08. The van der Waals surface area contributed by atoms with Gasteiger partial charge < -0.3 is 10.2 Å². The van der Waals surface area contributed by atoms with E-state index in [9.17, 15) is 4.79 Å². The standard InChI is InChI=1S/C17H27N3O/c1-11(12-7-8-12)20(6)16(21)13-9-14(17(2,3)4)19-15(10-13)18-5/h9-12H,7-8H2,1-6H3,(H,18,19). The normalized spacial score (nSPS) is 16.5. The van der Waals surface area contributed by atoms with Crippen LogP contribution >= 0.6 is 0 Å². The highest BCUT2D eigenvalue weighted by Gasteiger charge is 2.33. The van der Waals surface area contributed by atoms with Crippen LogP contribution in [0, 0.1) is 5.92 Å². The van der Waals surface area contributed by atoms with Crippen molar-refractivity contribution >= 4 is 11.7 Å². The van der Waals surface area contributed by atoms with Crippen molar-refractivity contribution in [1.29, 1.82) is 0 Å². The second-order valence-corrected chi connectivity index (χ2v) is 7.12. The SMILES string of the molecule is CNc1cc(C(=O)N(C)C(C)C2CC2)cc(C(C)(C)C)n1. The van der Waals surface area contributed by atoms with Gasteiger partial charge in [-0.05, 0) is 37.8 Å². The molecule has 0 saturated heterocycles. The zero-order valence-corrected chi connectivity index (χ0v) is 14.0. The van der Waals surface area contributed by atoms with E-state index in [0.29, 0.717) is 17.5 Å². The first-order valence-corrected chi connectivity index (χ1v) is 7.71. The largest absolute Gasteiger partial charge is 0.373 e. The summed E-state index contributed by atoms with van der Waals surface area (Å²) in [4.78, 5) is 19.2. The van der Waals surface area contributed by atoms with Gasteiger partial charge >= 0.3 is 0 Å². The van der Waals surface area contributed by atoms with E-state index in [1.165, 1.54) is 12.8 Å². The Morgan fingerprint density at radius 3 is 2.48 bits per heavy atom. The van der Waals surface area contributed by atoms with E-state index in [-0.39, 0.29) is 11.3 Å². The highest BCUT2D eigenvalue weighted by molar-refractivity contribution is 5.95. The number of aromatic nitrogens is 1. The number of nitrogens with one attached hydrogen (secondary N) is 1. The number of anilines is 1. The molecule has 1 heterocycles. The van der Waals surface area contributed by atoms with Gasteiger partial charge in [0, 0.05) is 36.8 Å². The molecule has 0 radical (unpaired) electrons. The zero-order chi connectivity index (χ0) is 15.8. The molecule has 1 atom stereocenters. The minimum atomic E-state index is -0.0808. The molecule has 4 heteroatoms. The summed E-state index contributed by atoms with van der Waals surface area (Å²) in [6.45, 7) is 8.47. The predicted octanol–water partition coefficient (Wildman–Crippen LogP) is 3.29. The van der Waals surface area contributed by atoms with Gasteiger partial charge in [-0.1, -0.05) is 20.8 Å². The first-order chi connectivity index (χ1) is 9.74. The van der Waals surface area contributed by atoms with Crippen LogP contribution < -0.4 is 5.32 Å². The number of nitrogens with zero attached hydrogens (tertiary/aromatic N) is 2. The van der Waals surface area contributed by atoms with Gasteiger partial charge in [0.05, 0.1) is 0 Å². The highest BCUT2D eigenvalue weighted by atomic mass is 16.2. The maximum Gasteiger partial charge on any atom is 0.254 e. The van der Waals surface area contributed by atoms with Crippen LogP contribution in [0.2, 0.25) is 0 Å². The lowest BCUT2D eigenvalue weighted by Gasteiger charge is -2.26. The van der Waals surface area contributed by atoms with E-state index in [1.807, 2.05) is 31.1 Å². The van der Waals surface area contributed by atoms with Gasteiger partial charge in [0.1, 0.15) is 5.82 Å². The molecule has 4 nitrogen and oxygen atoms in total. The van der Waals surface area contributed by atoms with Crippen LogP contribution in [-0.2, 0) is 5.41 Å². The number of pyridine rings is 1. The van der Waals surface area contributed by atoms with Crippen LogP contribution in [0.5, 0.6) is 0 Å². The molecule has 116 valence electrons. The summed E-state index contributed by atoms with van der Waals surface area (Å²) in [6.07, 6.45) is 2.48. The quantitative estimate of drug-likeness (QED) is 0.925. The van der Waals surface area contributed by atoms with Crippen LogP contribution in [0.1, 0.15) is 56.6 Å². The van der Waals surface area contributed by atoms with E-state index in [2.05, 4.69) is 38.0 Å². The smallest absolute Gasteiger partial charge is 0.254 e. The molecule has 2 rings (SSSR count). The Kier molecular flexibility index (Phi) is 4.26. The van der Waals surface area contributed by atoms with Crippen molar-refractivity contribution in [2.75, 3.05) is 19.4 Å². The van der Waals surface area contributed by atoms with Crippen molar-refractivity contribution in [3.05, 3.63) is 23.4 Å². The molecule has 0 spiro atoms. The molecule has 0 aromatic carbocycles. The average molecular weight is 289 g/mol. The second-order valence-electron chi connectivity index (χ2n) is 7.12. The predicted molar refractivity (Wildman–Crippen MR) is 86.8 cm³/mol. The van der Waals surface area contributed by atoms with Crippen molar-refractivity contribution in [3.63, 3.8) is 0 Å². The number of carbonyl (C=O) groups is 1. The van der Waals surface area contributed by atoms with Crippen molar-refractivity contribution in [2.45, 2.75) is 52.0 Å². The van der Waals surface area contributed by atoms with Crippen LogP contribution in [0.25, 0.3) is 0 Å². The Bertz CT molecular complexity index is 529. The van der Waals surface area contributed by atoms with Gasteiger partial charge in [0.25, 0.3) is 5.91 Å². The fourth-order valence-electron chi connectivity index (χ4n) is 2.45. The van der Waals surface area contributed by atoms with E-state index in [4.69, 9.17) is 0 Å². The minimum absolute atomic E-state index is 0.0808. The summed E-state index contributed by atoms with van der Waals surface area (Å²) >= 11 is 0. The van der Waals surface area contributed by atoms with Gasteiger partial charge in [-0.3, -0.25) is 4.79 Å². The third-order valence-corrected chi connectivity index (χ3v) is 4.33. The molecule has 1 saturated carbocycles. The van der Waals surface area contributed by atoms with Gasteiger partial charge in [-0.2, -0.15) is 0 Å². The van der Waals surface area contributed by atoms with Crippen LogP contribution in [0.4, 0.5) is 5.82 Å². The molecule has 1 aliphatic rings. The van der Waals surface area contributed by atoms with Gasteiger partial charge in [-0.25, -0.2) is 4.98 Å². The molecule has 1 aromatic heterocycles. The Hall–Kier alpha value is -1.58. The fourth-order valence-corrected chi connectivity index (χ4v) is 2.45. The molecule has 1 aromatic rings. The van der Waals surface area contributed by atoms with Crippen LogP contribution in [-0.4, -0.2) is 35.9 Å². The molecule has 1 aliphatic carbocycles. The summed E-state index contributed by atoms with van der Waals surface area (Å²) in [5.74, 6) is 1.50. The average Bonchev–Trinajstić information content (AvgIpc) is 3.28. The lowest BCUT2D eigenvalue weighted by molar-refractivity contribution is 0.0727. The topological polar surface area (TPSA) is 45.2 Å². The number of hydrogen-bond donors (Lipinski definition) is 1. The molecule has 1 unspecified atom stereocenters. The van der Waals surface area contributed by atoms with Gasteiger partial charge in [0.2, 0.25) is 0 Å². The van der Waals surface area contributed by atoms with E-state index in [0.717, 1.165) is 11.5 Å². The minimum Gasteiger partial charge on any atom is -0.373 e.